The smallest absolute Gasteiger partial charge is 0.415 e. The summed E-state index contributed by atoms with van der Waals surface area (Å²) in [5.74, 6) is -1.62. The van der Waals surface area contributed by atoms with Crippen molar-refractivity contribution < 1.29 is 33.6 Å². The topological polar surface area (TPSA) is 108 Å². The molecule has 2 amide bonds. The first-order chi connectivity index (χ1) is 16.6. The quantitative estimate of drug-likeness (QED) is 0.582. The van der Waals surface area contributed by atoms with E-state index in [1.807, 2.05) is 0 Å². The van der Waals surface area contributed by atoms with Gasteiger partial charge in [0.2, 0.25) is 0 Å². The third kappa shape index (κ3) is 5.30. The molecule has 0 saturated heterocycles. The van der Waals surface area contributed by atoms with E-state index in [2.05, 4.69) is 0 Å². The van der Waals surface area contributed by atoms with Crippen LogP contribution in [0.5, 0.6) is 0 Å². The summed E-state index contributed by atoms with van der Waals surface area (Å²) in [7, 11) is 2.96. The zero-order valence-electron chi connectivity index (χ0n) is 19.9. The molecule has 3 rings (SSSR count). The fourth-order valence-corrected chi connectivity index (χ4v) is 4.54. The standard InChI is InChI=1S/C25H28ClN3O6/c1-17(23(32)33)27(2)22(31)18-11-14-29(15-12-18)16-35-24(34)28(3)25(13-7-6-10-21(25)30)19-8-4-5-9-20(19)26/h4-5,8-9,11-12,14-15,17H,6-7,10,13,16H2,1-3H3/p+1/t17-,25?/m0/s1. The molecular formula is C25H29ClN3O6+. The minimum Gasteiger partial charge on any atom is -0.480 e. The molecule has 1 N–H and O–H groups in total. The third-order valence-corrected chi connectivity index (χ3v) is 6.88. The van der Waals surface area contributed by atoms with Gasteiger partial charge in [-0.3, -0.25) is 14.5 Å². The Balaban J connectivity index is 1.72. The largest absolute Gasteiger partial charge is 0.480 e. The summed E-state index contributed by atoms with van der Waals surface area (Å²) in [4.78, 5) is 52.2. The van der Waals surface area contributed by atoms with Crippen molar-refractivity contribution >= 4 is 35.4 Å². The Morgan fingerprint density at radius 3 is 2.40 bits per heavy atom. The predicted octanol–water partition coefficient (Wildman–Crippen LogP) is 3.24. The summed E-state index contributed by atoms with van der Waals surface area (Å²) in [6.45, 7) is 1.28. The van der Waals surface area contributed by atoms with Crippen LogP contribution in [0.25, 0.3) is 0 Å². The van der Waals surface area contributed by atoms with Crippen LogP contribution < -0.4 is 4.57 Å². The van der Waals surface area contributed by atoms with E-state index in [4.69, 9.17) is 21.4 Å². The molecule has 1 heterocycles. The molecule has 0 spiro atoms. The van der Waals surface area contributed by atoms with E-state index in [1.165, 1.54) is 31.0 Å². The number of ether oxygens (including phenoxy) is 1. The first-order valence-electron chi connectivity index (χ1n) is 11.3. The maximum atomic E-state index is 13.1. The lowest BCUT2D eigenvalue weighted by Crippen LogP contribution is -2.55. The number of hydrogen-bond donors (Lipinski definition) is 1. The molecule has 35 heavy (non-hydrogen) atoms. The van der Waals surface area contributed by atoms with Gasteiger partial charge in [0.25, 0.3) is 12.6 Å². The zero-order chi connectivity index (χ0) is 25.8. The molecule has 1 unspecified atom stereocenters. The van der Waals surface area contributed by atoms with Gasteiger partial charge in [0, 0.05) is 43.2 Å². The molecule has 1 aromatic carbocycles. The first-order valence-corrected chi connectivity index (χ1v) is 11.7. The highest BCUT2D eigenvalue weighted by Gasteiger charge is 2.48. The average molecular weight is 503 g/mol. The van der Waals surface area contributed by atoms with Crippen molar-refractivity contribution in [1.29, 1.82) is 0 Å². The van der Waals surface area contributed by atoms with Gasteiger partial charge in [-0.05, 0) is 32.3 Å². The number of carboxylic acid groups (broad SMARTS) is 1. The average Bonchev–Trinajstić information content (AvgIpc) is 2.86. The van der Waals surface area contributed by atoms with Crippen molar-refractivity contribution in [1.82, 2.24) is 9.80 Å². The van der Waals surface area contributed by atoms with Gasteiger partial charge in [-0.15, -0.1) is 0 Å². The fraction of sp³-hybridized carbons (Fsp3) is 0.400. The molecule has 1 saturated carbocycles. The Labute approximate surface area is 208 Å². The van der Waals surface area contributed by atoms with Crippen molar-refractivity contribution in [2.75, 3.05) is 14.1 Å². The highest BCUT2D eigenvalue weighted by Crippen LogP contribution is 2.42. The Hall–Kier alpha value is -3.46. The van der Waals surface area contributed by atoms with E-state index in [1.54, 1.807) is 48.3 Å². The number of ketones is 1. The number of aromatic nitrogens is 1. The Kier molecular flexibility index (Phi) is 8.11. The van der Waals surface area contributed by atoms with Crippen molar-refractivity contribution in [3.63, 3.8) is 0 Å². The normalized spacial score (nSPS) is 18.5. The lowest BCUT2D eigenvalue weighted by atomic mass is 9.74. The lowest BCUT2D eigenvalue weighted by Gasteiger charge is -2.43. The number of rotatable bonds is 7. The molecule has 9 nitrogen and oxygen atoms in total. The number of carboxylic acids is 1. The van der Waals surface area contributed by atoms with Crippen LogP contribution in [0.2, 0.25) is 5.02 Å². The molecular weight excluding hydrogens is 474 g/mol. The number of aliphatic carboxylic acids is 1. The lowest BCUT2D eigenvalue weighted by molar-refractivity contribution is -0.727. The second kappa shape index (κ2) is 10.9. The van der Waals surface area contributed by atoms with Gasteiger partial charge in [0.15, 0.2) is 18.2 Å². The number of nitrogens with zero attached hydrogens (tertiary/aromatic N) is 3. The number of carbonyl (C=O) groups excluding carboxylic acids is 3. The molecule has 186 valence electrons. The summed E-state index contributed by atoms with van der Waals surface area (Å²) in [6.07, 6.45) is 4.76. The number of likely N-dealkylation sites (N-methyl/N-ethyl adjacent to an activating group) is 2. The summed E-state index contributed by atoms with van der Waals surface area (Å²) in [6, 6.07) is 9.09. The monoisotopic (exact) mass is 502 g/mol. The molecule has 1 aromatic heterocycles. The SMILES string of the molecule is C[C@@H](C(=O)O)N(C)C(=O)c1cc[n+](COC(=O)N(C)C2(c3ccccc3Cl)CCCCC2=O)cc1. The summed E-state index contributed by atoms with van der Waals surface area (Å²) in [5.41, 5.74) is -0.313. The number of halogens is 1. The minimum absolute atomic E-state index is 0.0773. The van der Waals surface area contributed by atoms with Gasteiger partial charge in [0.1, 0.15) is 11.6 Å². The van der Waals surface area contributed by atoms with E-state index in [9.17, 15) is 19.2 Å². The second-order valence-corrected chi connectivity index (χ2v) is 9.01. The van der Waals surface area contributed by atoms with E-state index >= 15 is 0 Å². The van der Waals surface area contributed by atoms with Crippen molar-refractivity contribution in [3.8, 4) is 0 Å². The van der Waals surface area contributed by atoms with Gasteiger partial charge >= 0.3 is 12.1 Å². The minimum atomic E-state index is -1.19. The van der Waals surface area contributed by atoms with Crippen molar-refractivity contribution in [3.05, 3.63) is 64.9 Å². The zero-order valence-corrected chi connectivity index (χ0v) is 20.7. The molecule has 0 bridgehead atoms. The van der Waals surface area contributed by atoms with Crippen molar-refractivity contribution in [2.45, 2.75) is 50.9 Å². The van der Waals surface area contributed by atoms with Gasteiger partial charge in [-0.2, -0.15) is 4.57 Å². The maximum Gasteiger partial charge on any atom is 0.415 e. The number of benzene rings is 1. The Morgan fingerprint density at radius 1 is 1.14 bits per heavy atom. The van der Waals surface area contributed by atoms with Crippen LogP contribution in [-0.4, -0.2) is 58.8 Å². The van der Waals surface area contributed by atoms with Crippen LogP contribution in [-0.2, 0) is 26.6 Å². The maximum absolute atomic E-state index is 13.1. The number of pyridine rings is 1. The van der Waals surface area contributed by atoms with Gasteiger partial charge in [-0.25, -0.2) is 9.59 Å². The van der Waals surface area contributed by atoms with Gasteiger partial charge in [-0.1, -0.05) is 29.8 Å². The van der Waals surface area contributed by atoms with E-state index < -0.39 is 29.6 Å². The number of amides is 2. The van der Waals surface area contributed by atoms with E-state index in [0.717, 1.165) is 17.7 Å². The van der Waals surface area contributed by atoms with Crippen LogP contribution in [0.3, 0.4) is 0 Å². The van der Waals surface area contributed by atoms with Crippen LogP contribution in [0.1, 0.15) is 48.5 Å². The Bertz CT molecular complexity index is 1120. The number of carbonyl (C=O) groups is 4. The summed E-state index contributed by atoms with van der Waals surface area (Å²) >= 11 is 6.43. The summed E-state index contributed by atoms with van der Waals surface area (Å²) < 4.78 is 7.03. The highest BCUT2D eigenvalue weighted by atomic mass is 35.5. The molecule has 10 heteroatoms. The second-order valence-electron chi connectivity index (χ2n) is 8.60. The van der Waals surface area contributed by atoms with E-state index in [-0.39, 0.29) is 12.5 Å². The van der Waals surface area contributed by atoms with Crippen LogP contribution in [0, 0.1) is 0 Å². The van der Waals surface area contributed by atoms with Gasteiger partial charge < -0.3 is 14.7 Å². The Morgan fingerprint density at radius 2 is 1.80 bits per heavy atom. The summed E-state index contributed by atoms with van der Waals surface area (Å²) in [5, 5.41) is 9.51. The molecule has 0 aliphatic heterocycles. The molecule has 1 fully saturated rings. The highest BCUT2D eigenvalue weighted by molar-refractivity contribution is 6.31. The van der Waals surface area contributed by atoms with Gasteiger partial charge in [0.05, 0.1) is 5.56 Å². The van der Waals surface area contributed by atoms with Crippen LogP contribution in [0.4, 0.5) is 4.79 Å². The van der Waals surface area contributed by atoms with E-state index in [0.29, 0.717) is 29.0 Å². The molecule has 2 aromatic rings. The molecule has 1 aliphatic carbocycles. The fourth-order valence-electron chi connectivity index (χ4n) is 4.24. The van der Waals surface area contributed by atoms with Crippen LogP contribution in [0.15, 0.2) is 48.8 Å². The third-order valence-electron chi connectivity index (χ3n) is 6.55. The predicted molar refractivity (Wildman–Crippen MR) is 127 cm³/mol. The molecule has 1 aliphatic rings. The first kappa shape index (κ1) is 26.2. The number of hydrogen-bond acceptors (Lipinski definition) is 5. The van der Waals surface area contributed by atoms with Crippen molar-refractivity contribution in [2.24, 2.45) is 0 Å². The molecule has 2 atom stereocenters. The van der Waals surface area contributed by atoms with Crippen LogP contribution >= 0.6 is 11.6 Å². The number of Topliss-reactive ketones (excluding diaryl/α,β-unsaturated/α-hetero) is 1. The molecule has 0 radical (unpaired) electrons.